The van der Waals surface area contributed by atoms with E-state index in [1.54, 1.807) is 18.2 Å². The van der Waals surface area contributed by atoms with Crippen LogP contribution in [0.3, 0.4) is 0 Å². The third-order valence-electron chi connectivity index (χ3n) is 4.56. The second-order valence-corrected chi connectivity index (χ2v) is 6.97. The Kier molecular flexibility index (Phi) is 4.79. The minimum atomic E-state index is 0.0178. The van der Waals surface area contributed by atoms with Crippen molar-refractivity contribution < 1.29 is 13.7 Å². The second kappa shape index (κ2) is 7.37. The van der Waals surface area contributed by atoms with Gasteiger partial charge in [-0.1, -0.05) is 16.8 Å². The highest BCUT2D eigenvalue weighted by molar-refractivity contribution is 6.31. The van der Waals surface area contributed by atoms with E-state index in [0.29, 0.717) is 35.3 Å². The lowest BCUT2D eigenvalue weighted by Crippen LogP contribution is -2.38. The summed E-state index contributed by atoms with van der Waals surface area (Å²) in [5.74, 6) is 0.281. The van der Waals surface area contributed by atoms with Crippen LogP contribution in [-0.2, 0) is 11.3 Å². The Morgan fingerprint density at radius 2 is 2.31 bits per heavy atom. The van der Waals surface area contributed by atoms with Crippen molar-refractivity contribution in [3.05, 3.63) is 41.2 Å². The minimum absolute atomic E-state index is 0.0178. The molecule has 1 amide bonds. The number of amides is 1. The Morgan fingerprint density at radius 3 is 3.15 bits per heavy atom. The Bertz CT molecular complexity index is 893. The number of benzene rings is 1. The zero-order chi connectivity index (χ0) is 17.9. The molecule has 0 radical (unpaired) electrons. The fourth-order valence-corrected chi connectivity index (χ4v) is 3.44. The van der Waals surface area contributed by atoms with E-state index in [1.807, 2.05) is 6.07 Å². The van der Waals surface area contributed by atoms with Crippen LogP contribution in [0.5, 0.6) is 0 Å². The number of rotatable bonds is 5. The molecule has 136 valence electrons. The van der Waals surface area contributed by atoms with Gasteiger partial charge in [0, 0.05) is 36.7 Å². The monoisotopic (exact) mass is 374 g/mol. The fourth-order valence-electron chi connectivity index (χ4n) is 3.28. The van der Waals surface area contributed by atoms with Gasteiger partial charge in [-0.2, -0.15) is 4.98 Å². The van der Waals surface area contributed by atoms with Gasteiger partial charge in [0.15, 0.2) is 5.58 Å². The summed E-state index contributed by atoms with van der Waals surface area (Å²) in [5.41, 5.74) is 2.19. The maximum Gasteiger partial charge on any atom is 0.298 e. The predicted molar refractivity (Wildman–Crippen MR) is 96.9 cm³/mol. The van der Waals surface area contributed by atoms with Crippen LogP contribution in [0.4, 0.5) is 6.01 Å². The molecule has 1 saturated heterocycles. The molecular formula is C18H19ClN4O3. The van der Waals surface area contributed by atoms with Gasteiger partial charge in [0.05, 0.1) is 6.54 Å². The van der Waals surface area contributed by atoms with Crippen LogP contribution in [0, 0.1) is 5.92 Å². The van der Waals surface area contributed by atoms with E-state index >= 15 is 0 Å². The minimum Gasteiger partial charge on any atom is -0.423 e. The number of carbonyl (C=O) groups excluding carboxylic acids is 1. The van der Waals surface area contributed by atoms with Gasteiger partial charge in [-0.25, -0.2) is 0 Å². The van der Waals surface area contributed by atoms with Crippen molar-refractivity contribution in [3.63, 3.8) is 0 Å². The SMILES string of the molecule is O=C(CC1CCCN(c2nc3ccc(Cl)cc3o2)C1)NCc1ccon1. The molecule has 1 aromatic carbocycles. The topological polar surface area (TPSA) is 84.4 Å². The van der Waals surface area contributed by atoms with Gasteiger partial charge >= 0.3 is 0 Å². The van der Waals surface area contributed by atoms with E-state index in [1.165, 1.54) is 6.26 Å². The Labute approximate surface area is 155 Å². The highest BCUT2D eigenvalue weighted by atomic mass is 35.5. The van der Waals surface area contributed by atoms with Crippen LogP contribution >= 0.6 is 11.6 Å². The quantitative estimate of drug-likeness (QED) is 0.736. The largest absolute Gasteiger partial charge is 0.423 e. The first-order chi connectivity index (χ1) is 12.7. The van der Waals surface area contributed by atoms with Crippen molar-refractivity contribution >= 4 is 34.6 Å². The number of halogens is 1. The number of fused-ring (bicyclic) bond motifs is 1. The van der Waals surface area contributed by atoms with E-state index < -0.39 is 0 Å². The van der Waals surface area contributed by atoms with Gasteiger partial charge in [-0.05, 0) is 30.9 Å². The molecule has 1 atom stereocenters. The molecule has 0 aliphatic carbocycles. The zero-order valence-electron chi connectivity index (χ0n) is 14.2. The van der Waals surface area contributed by atoms with E-state index in [4.69, 9.17) is 20.5 Å². The Balaban J connectivity index is 1.36. The van der Waals surface area contributed by atoms with E-state index in [9.17, 15) is 4.79 Å². The first kappa shape index (κ1) is 16.9. The molecule has 4 rings (SSSR count). The van der Waals surface area contributed by atoms with E-state index in [-0.39, 0.29) is 11.8 Å². The van der Waals surface area contributed by atoms with Crippen LogP contribution in [0.15, 0.2) is 39.5 Å². The summed E-state index contributed by atoms with van der Waals surface area (Å²) >= 11 is 6.00. The lowest BCUT2D eigenvalue weighted by molar-refractivity contribution is -0.122. The number of hydrogen-bond donors (Lipinski definition) is 1. The van der Waals surface area contributed by atoms with E-state index in [0.717, 1.165) is 31.4 Å². The first-order valence-corrected chi connectivity index (χ1v) is 9.02. The van der Waals surface area contributed by atoms with Crippen molar-refractivity contribution in [3.8, 4) is 0 Å². The highest BCUT2D eigenvalue weighted by Gasteiger charge is 2.25. The summed E-state index contributed by atoms with van der Waals surface area (Å²) in [6.07, 6.45) is 3.98. The van der Waals surface area contributed by atoms with Crippen LogP contribution in [-0.4, -0.2) is 29.1 Å². The summed E-state index contributed by atoms with van der Waals surface area (Å²) in [6.45, 7) is 2.01. The maximum absolute atomic E-state index is 12.2. The number of hydrogen-bond acceptors (Lipinski definition) is 6. The smallest absolute Gasteiger partial charge is 0.298 e. The number of nitrogens with zero attached hydrogens (tertiary/aromatic N) is 3. The maximum atomic E-state index is 12.2. The molecular weight excluding hydrogens is 356 g/mol. The highest BCUT2D eigenvalue weighted by Crippen LogP contribution is 2.28. The summed E-state index contributed by atoms with van der Waals surface area (Å²) in [7, 11) is 0. The Hall–Kier alpha value is -2.54. The summed E-state index contributed by atoms with van der Waals surface area (Å²) in [5, 5.41) is 7.29. The van der Waals surface area contributed by atoms with Gasteiger partial charge in [-0.15, -0.1) is 0 Å². The van der Waals surface area contributed by atoms with Crippen molar-refractivity contribution in [1.82, 2.24) is 15.5 Å². The van der Waals surface area contributed by atoms with Crippen molar-refractivity contribution in [1.29, 1.82) is 0 Å². The van der Waals surface area contributed by atoms with Gasteiger partial charge in [0.2, 0.25) is 5.91 Å². The summed E-state index contributed by atoms with van der Waals surface area (Å²) < 4.78 is 10.6. The second-order valence-electron chi connectivity index (χ2n) is 6.53. The van der Waals surface area contributed by atoms with Gasteiger partial charge in [-0.3, -0.25) is 4.79 Å². The average Bonchev–Trinajstić information content (AvgIpc) is 3.29. The van der Waals surface area contributed by atoms with Crippen molar-refractivity contribution in [2.24, 2.45) is 5.92 Å². The standard InChI is InChI=1S/C18H19ClN4O3/c19-13-3-4-15-16(9-13)26-18(21-15)23-6-1-2-12(11-23)8-17(24)20-10-14-5-7-25-22-14/h3-5,7,9,12H,1-2,6,8,10-11H2,(H,20,24). The molecule has 7 nitrogen and oxygen atoms in total. The number of piperidine rings is 1. The number of nitrogens with one attached hydrogen (secondary N) is 1. The number of anilines is 1. The molecule has 0 bridgehead atoms. The molecule has 26 heavy (non-hydrogen) atoms. The molecule has 1 aliphatic heterocycles. The first-order valence-electron chi connectivity index (χ1n) is 8.64. The molecule has 0 saturated carbocycles. The number of oxazole rings is 1. The average molecular weight is 375 g/mol. The molecule has 1 N–H and O–H groups in total. The van der Waals surface area contributed by atoms with Crippen LogP contribution in [0.2, 0.25) is 5.02 Å². The molecule has 1 aliphatic rings. The lowest BCUT2D eigenvalue weighted by Gasteiger charge is -2.31. The molecule has 1 unspecified atom stereocenters. The fraction of sp³-hybridized carbons (Fsp3) is 0.389. The van der Waals surface area contributed by atoms with Gasteiger partial charge < -0.3 is 19.2 Å². The van der Waals surface area contributed by atoms with Crippen LogP contribution in [0.1, 0.15) is 25.0 Å². The third kappa shape index (κ3) is 3.83. The predicted octanol–water partition coefficient (Wildman–Crippen LogP) is 3.39. The molecule has 0 spiro atoms. The number of aromatic nitrogens is 2. The van der Waals surface area contributed by atoms with Crippen molar-refractivity contribution in [2.45, 2.75) is 25.8 Å². The van der Waals surface area contributed by atoms with Gasteiger partial charge in [0.1, 0.15) is 17.5 Å². The third-order valence-corrected chi connectivity index (χ3v) is 4.80. The lowest BCUT2D eigenvalue weighted by atomic mass is 9.94. The Morgan fingerprint density at radius 1 is 1.38 bits per heavy atom. The van der Waals surface area contributed by atoms with Crippen LogP contribution in [0.25, 0.3) is 11.1 Å². The molecule has 3 heterocycles. The van der Waals surface area contributed by atoms with E-state index in [2.05, 4.69) is 20.4 Å². The number of carbonyl (C=O) groups is 1. The summed E-state index contributed by atoms with van der Waals surface area (Å²) in [4.78, 5) is 18.8. The van der Waals surface area contributed by atoms with Crippen LogP contribution < -0.4 is 10.2 Å². The molecule has 2 aromatic heterocycles. The zero-order valence-corrected chi connectivity index (χ0v) is 14.9. The normalized spacial score (nSPS) is 17.6. The van der Waals surface area contributed by atoms with Crippen molar-refractivity contribution in [2.75, 3.05) is 18.0 Å². The molecule has 8 heteroatoms. The molecule has 3 aromatic rings. The summed E-state index contributed by atoms with van der Waals surface area (Å²) in [6, 6.07) is 7.75. The molecule has 1 fully saturated rings. The van der Waals surface area contributed by atoms with Gasteiger partial charge in [0.25, 0.3) is 6.01 Å².